The maximum Gasteiger partial charge on any atom is 0.0818 e. The van der Waals surface area contributed by atoms with Crippen LogP contribution >= 0.6 is 0 Å². The van der Waals surface area contributed by atoms with E-state index in [0.717, 1.165) is 11.5 Å². The molecule has 1 aliphatic carbocycles. The Labute approximate surface area is 117 Å². The second-order valence-corrected chi connectivity index (χ2v) is 6.13. The maximum absolute atomic E-state index is 10.6. The molecule has 1 N–H and O–H groups in total. The summed E-state index contributed by atoms with van der Waals surface area (Å²) >= 11 is 0. The molecular weight excluding hydrogens is 234 g/mol. The third kappa shape index (κ3) is 3.50. The van der Waals surface area contributed by atoms with Gasteiger partial charge in [-0.05, 0) is 42.4 Å². The highest BCUT2D eigenvalue weighted by Gasteiger charge is 2.27. The molecule has 0 aliphatic heterocycles. The average Bonchev–Trinajstić information content (AvgIpc) is 2.46. The van der Waals surface area contributed by atoms with Crippen molar-refractivity contribution in [1.29, 1.82) is 0 Å². The van der Waals surface area contributed by atoms with Gasteiger partial charge >= 0.3 is 0 Å². The van der Waals surface area contributed by atoms with Crippen LogP contribution in [0.4, 0.5) is 5.69 Å². The van der Waals surface area contributed by atoms with E-state index in [-0.39, 0.29) is 6.10 Å². The molecule has 1 aromatic rings. The summed E-state index contributed by atoms with van der Waals surface area (Å²) in [6.07, 6.45) is 5.95. The average molecular weight is 261 g/mol. The van der Waals surface area contributed by atoms with Gasteiger partial charge in [-0.3, -0.25) is 0 Å². The van der Waals surface area contributed by atoms with E-state index >= 15 is 0 Å². The van der Waals surface area contributed by atoms with Crippen LogP contribution in [0.5, 0.6) is 0 Å². The van der Waals surface area contributed by atoms with Crippen molar-refractivity contribution in [3.63, 3.8) is 0 Å². The van der Waals surface area contributed by atoms with E-state index in [1.807, 2.05) is 14.1 Å². The van der Waals surface area contributed by atoms with E-state index in [1.165, 1.54) is 37.8 Å². The number of benzene rings is 1. The summed E-state index contributed by atoms with van der Waals surface area (Å²) in [5, 5.41) is 10.6. The monoisotopic (exact) mass is 261 g/mol. The Hall–Kier alpha value is -1.02. The fraction of sp³-hybridized carbons (Fsp3) is 0.647. The van der Waals surface area contributed by atoms with Crippen LogP contribution in [-0.4, -0.2) is 19.2 Å². The minimum absolute atomic E-state index is 0.287. The van der Waals surface area contributed by atoms with Gasteiger partial charge in [0.15, 0.2) is 0 Å². The van der Waals surface area contributed by atoms with Gasteiger partial charge in [0.05, 0.1) is 6.10 Å². The van der Waals surface area contributed by atoms with E-state index in [0.29, 0.717) is 5.92 Å². The normalized spacial score (nSPS) is 25.1. The number of nitrogens with zero attached hydrogens (tertiary/aromatic N) is 1. The molecule has 0 saturated heterocycles. The molecule has 1 saturated carbocycles. The third-order valence-corrected chi connectivity index (χ3v) is 4.60. The zero-order valence-electron chi connectivity index (χ0n) is 12.5. The van der Waals surface area contributed by atoms with Gasteiger partial charge in [-0.1, -0.05) is 38.3 Å². The molecule has 0 bridgehead atoms. The molecule has 19 heavy (non-hydrogen) atoms. The van der Waals surface area contributed by atoms with Crippen molar-refractivity contribution >= 4 is 5.69 Å². The number of hydrogen-bond donors (Lipinski definition) is 1. The fourth-order valence-corrected chi connectivity index (χ4v) is 3.23. The Balaban J connectivity index is 2.04. The lowest BCUT2D eigenvalue weighted by molar-refractivity contribution is 0.0678. The Morgan fingerprint density at radius 1 is 1.21 bits per heavy atom. The molecule has 0 heterocycles. The van der Waals surface area contributed by atoms with E-state index in [1.54, 1.807) is 0 Å². The molecule has 1 aromatic carbocycles. The van der Waals surface area contributed by atoms with Gasteiger partial charge in [-0.25, -0.2) is 0 Å². The summed E-state index contributed by atoms with van der Waals surface area (Å²) in [5.41, 5.74) is 2.26. The first-order valence-electron chi connectivity index (χ1n) is 7.57. The van der Waals surface area contributed by atoms with Crippen molar-refractivity contribution in [3.05, 3.63) is 29.8 Å². The maximum atomic E-state index is 10.6. The number of aliphatic hydroxyl groups excluding tert-OH is 1. The van der Waals surface area contributed by atoms with E-state index in [4.69, 9.17) is 0 Å². The first kappa shape index (κ1) is 14.4. The van der Waals surface area contributed by atoms with Gasteiger partial charge in [0.2, 0.25) is 0 Å². The molecule has 2 nitrogen and oxygen atoms in total. The van der Waals surface area contributed by atoms with Crippen molar-refractivity contribution in [1.82, 2.24) is 0 Å². The lowest BCUT2D eigenvalue weighted by Crippen LogP contribution is -2.21. The molecule has 0 aromatic heterocycles. The first-order chi connectivity index (χ1) is 9.11. The molecule has 2 rings (SSSR count). The zero-order valence-corrected chi connectivity index (χ0v) is 12.5. The van der Waals surface area contributed by atoms with Gasteiger partial charge in [0.1, 0.15) is 0 Å². The molecule has 3 unspecified atom stereocenters. The van der Waals surface area contributed by atoms with Crippen LogP contribution in [0.2, 0.25) is 0 Å². The Kier molecular flexibility index (Phi) is 4.87. The van der Waals surface area contributed by atoms with Gasteiger partial charge in [-0.2, -0.15) is 0 Å². The highest BCUT2D eigenvalue weighted by molar-refractivity contribution is 5.46. The first-order valence-corrected chi connectivity index (χ1v) is 7.57. The lowest BCUT2D eigenvalue weighted by atomic mass is 9.76. The molecule has 2 heteroatoms. The molecule has 3 atom stereocenters. The topological polar surface area (TPSA) is 23.5 Å². The van der Waals surface area contributed by atoms with Gasteiger partial charge in [0, 0.05) is 19.8 Å². The predicted molar refractivity (Wildman–Crippen MR) is 81.5 cm³/mol. The summed E-state index contributed by atoms with van der Waals surface area (Å²) < 4.78 is 0. The number of aliphatic hydroxyl groups is 1. The minimum atomic E-state index is -0.287. The third-order valence-electron chi connectivity index (χ3n) is 4.60. The molecule has 106 valence electrons. The SMILES string of the molecule is CCC1CCCC(C(O)c2ccc(N(C)C)cc2)C1. The molecule has 1 aliphatic rings. The van der Waals surface area contributed by atoms with Crippen molar-refractivity contribution < 1.29 is 5.11 Å². The molecular formula is C17H27NO. The minimum Gasteiger partial charge on any atom is -0.388 e. The van der Waals surface area contributed by atoms with Crippen LogP contribution < -0.4 is 4.90 Å². The zero-order chi connectivity index (χ0) is 13.8. The van der Waals surface area contributed by atoms with Crippen LogP contribution in [0.25, 0.3) is 0 Å². The van der Waals surface area contributed by atoms with E-state index in [2.05, 4.69) is 36.1 Å². The van der Waals surface area contributed by atoms with Crippen molar-refractivity contribution in [2.75, 3.05) is 19.0 Å². The van der Waals surface area contributed by atoms with Crippen molar-refractivity contribution in [2.24, 2.45) is 11.8 Å². The summed E-state index contributed by atoms with van der Waals surface area (Å²) in [7, 11) is 4.08. The number of rotatable bonds is 4. The second kappa shape index (κ2) is 6.42. The fourth-order valence-electron chi connectivity index (χ4n) is 3.23. The Morgan fingerprint density at radius 2 is 1.89 bits per heavy atom. The Morgan fingerprint density at radius 3 is 2.47 bits per heavy atom. The van der Waals surface area contributed by atoms with Crippen LogP contribution in [-0.2, 0) is 0 Å². The van der Waals surface area contributed by atoms with Crippen LogP contribution in [0.1, 0.15) is 50.7 Å². The van der Waals surface area contributed by atoms with Gasteiger partial charge < -0.3 is 10.0 Å². The summed E-state index contributed by atoms with van der Waals surface area (Å²) in [6, 6.07) is 8.35. The largest absolute Gasteiger partial charge is 0.388 e. The summed E-state index contributed by atoms with van der Waals surface area (Å²) in [5.74, 6) is 1.26. The summed E-state index contributed by atoms with van der Waals surface area (Å²) in [4.78, 5) is 2.09. The van der Waals surface area contributed by atoms with E-state index < -0.39 is 0 Å². The molecule has 0 radical (unpaired) electrons. The number of hydrogen-bond acceptors (Lipinski definition) is 2. The van der Waals surface area contributed by atoms with Crippen molar-refractivity contribution in [2.45, 2.75) is 45.1 Å². The Bertz CT molecular complexity index is 385. The molecule has 0 amide bonds. The van der Waals surface area contributed by atoms with Crippen LogP contribution in [0, 0.1) is 11.8 Å². The summed E-state index contributed by atoms with van der Waals surface area (Å²) in [6.45, 7) is 2.27. The van der Waals surface area contributed by atoms with Gasteiger partial charge in [-0.15, -0.1) is 0 Å². The number of anilines is 1. The molecule has 0 spiro atoms. The van der Waals surface area contributed by atoms with Crippen LogP contribution in [0.3, 0.4) is 0 Å². The smallest absolute Gasteiger partial charge is 0.0818 e. The van der Waals surface area contributed by atoms with Crippen LogP contribution in [0.15, 0.2) is 24.3 Å². The van der Waals surface area contributed by atoms with Gasteiger partial charge in [0.25, 0.3) is 0 Å². The highest BCUT2D eigenvalue weighted by atomic mass is 16.3. The standard InChI is InChI=1S/C17H27NO/c1-4-13-6-5-7-15(12-13)17(19)14-8-10-16(11-9-14)18(2)3/h8-11,13,15,17,19H,4-7,12H2,1-3H3. The molecule has 1 fully saturated rings. The predicted octanol–water partition coefficient (Wildman–Crippen LogP) is 4.00. The lowest BCUT2D eigenvalue weighted by Gasteiger charge is -2.32. The van der Waals surface area contributed by atoms with E-state index in [9.17, 15) is 5.11 Å². The second-order valence-electron chi connectivity index (χ2n) is 6.13. The quantitative estimate of drug-likeness (QED) is 0.885. The van der Waals surface area contributed by atoms with Crippen molar-refractivity contribution in [3.8, 4) is 0 Å². The highest BCUT2D eigenvalue weighted by Crippen LogP contribution is 2.38.